The van der Waals surface area contributed by atoms with E-state index in [1.54, 1.807) is 37.1 Å². The molecule has 0 N–H and O–H groups in total. The highest BCUT2D eigenvalue weighted by molar-refractivity contribution is 7.91. The van der Waals surface area contributed by atoms with E-state index in [1.807, 2.05) is 0 Å². The second kappa shape index (κ2) is 4.72. The van der Waals surface area contributed by atoms with Gasteiger partial charge in [0.25, 0.3) is 0 Å². The molecule has 0 radical (unpaired) electrons. The topological polar surface area (TPSA) is 72.3 Å². The first kappa shape index (κ1) is 13.1. The van der Waals surface area contributed by atoms with E-state index >= 15 is 0 Å². The van der Waals surface area contributed by atoms with Crippen LogP contribution in [0.5, 0.6) is 0 Å². The van der Waals surface area contributed by atoms with Gasteiger partial charge in [0.05, 0.1) is 11.5 Å². The summed E-state index contributed by atoms with van der Waals surface area (Å²) in [4.78, 5) is 13.7. The van der Waals surface area contributed by atoms with E-state index in [0.717, 1.165) is 0 Å². The van der Waals surface area contributed by atoms with Crippen LogP contribution in [0.15, 0.2) is 18.5 Å². The minimum absolute atomic E-state index is 0.0705. The smallest absolute Gasteiger partial charge is 0.247 e. The van der Waals surface area contributed by atoms with Gasteiger partial charge >= 0.3 is 0 Å². The number of sulfone groups is 1. The highest BCUT2D eigenvalue weighted by atomic mass is 32.2. The van der Waals surface area contributed by atoms with Gasteiger partial charge in [-0.15, -0.1) is 0 Å². The van der Waals surface area contributed by atoms with Gasteiger partial charge in [-0.05, 0) is 19.4 Å². The third kappa shape index (κ3) is 2.55. The molecule has 0 unspecified atom stereocenters. The molecule has 2 heterocycles. The molecule has 1 amide bonds. The molecule has 7 heteroatoms. The standard InChI is InChI=1S/C11H17N3O3S/c1-9(14-6-3-5-12-14)11(15)13(2)10-4-7-18(16,17)8-10/h3,5-6,9-10H,4,7-8H2,1-2H3/t9-,10-/m1/s1. The van der Waals surface area contributed by atoms with Crippen molar-refractivity contribution < 1.29 is 13.2 Å². The average Bonchev–Trinajstić information content (AvgIpc) is 2.95. The zero-order valence-corrected chi connectivity index (χ0v) is 11.3. The van der Waals surface area contributed by atoms with E-state index in [4.69, 9.17) is 0 Å². The summed E-state index contributed by atoms with van der Waals surface area (Å²) in [6.07, 6.45) is 3.86. The van der Waals surface area contributed by atoms with Crippen molar-refractivity contribution in [2.24, 2.45) is 0 Å². The van der Waals surface area contributed by atoms with Crippen molar-refractivity contribution in [1.82, 2.24) is 14.7 Å². The van der Waals surface area contributed by atoms with Crippen molar-refractivity contribution in [1.29, 1.82) is 0 Å². The summed E-state index contributed by atoms with van der Waals surface area (Å²) in [6.45, 7) is 1.76. The Morgan fingerprint density at radius 3 is 2.78 bits per heavy atom. The molecule has 2 atom stereocenters. The van der Waals surface area contributed by atoms with E-state index in [-0.39, 0.29) is 23.5 Å². The number of amides is 1. The molecule has 1 aromatic rings. The van der Waals surface area contributed by atoms with E-state index < -0.39 is 15.9 Å². The molecule has 0 saturated carbocycles. The van der Waals surface area contributed by atoms with Crippen LogP contribution in [0.3, 0.4) is 0 Å². The molecule has 0 aliphatic carbocycles. The molecule has 0 aromatic carbocycles. The van der Waals surface area contributed by atoms with Crippen LogP contribution >= 0.6 is 0 Å². The van der Waals surface area contributed by atoms with Crippen LogP contribution < -0.4 is 0 Å². The van der Waals surface area contributed by atoms with Gasteiger partial charge in [0, 0.05) is 25.5 Å². The van der Waals surface area contributed by atoms with Gasteiger partial charge in [-0.1, -0.05) is 0 Å². The maximum absolute atomic E-state index is 12.2. The van der Waals surface area contributed by atoms with Crippen LogP contribution in [0, 0.1) is 0 Å². The second-order valence-corrected chi connectivity index (χ2v) is 6.90. The van der Waals surface area contributed by atoms with Crippen molar-refractivity contribution in [3.8, 4) is 0 Å². The van der Waals surface area contributed by atoms with Crippen LogP contribution in [0.25, 0.3) is 0 Å². The summed E-state index contributed by atoms with van der Waals surface area (Å²) in [5, 5.41) is 4.03. The zero-order chi connectivity index (χ0) is 13.3. The number of rotatable bonds is 3. The van der Waals surface area contributed by atoms with Crippen LogP contribution in [-0.4, -0.2) is 53.6 Å². The third-order valence-corrected chi connectivity index (χ3v) is 5.13. The molecule has 100 valence electrons. The molecule has 0 spiro atoms. The molecule has 6 nitrogen and oxygen atoms in total. The maximum atomic E-state index is 12.2. The van der Waals surface area contributed by atoms with Gasteiger partial charge in [-0.3, -0.25) is 9.48 Å². The van der Waals surface area contributed by atoms with Crippen molar-refractivity contribution in [3.63, 3.8) is 0 Å². The monoisotopic (exact) mass is 271 g/mol. The van der Waals surface area contributed by atoms with Gasteiger partial charge in [-0.2, -0.15) is 5.10 Å². The Labute approximate surface area is 106 Å². The molecule has 2 rings (SSSR count). The highest BCUT2D eigenvalue weighted by Crippen LogP contribution is 2.19. The average molecular weight is 271 g/mol. The Morgan fingerprint density at radius 2 is 2.28 bits per heavy atom. The van der Waals surface area contributed by atoms with Gasteiger partial charge in [0.2, 0.25) is 5.91 Å². The zero-order valence-electron chi connectivity index (χ0n) is 10.5. The number of carbonyl (C=O) groups is 1. The molecular weight excluding hydrogens is 254 g/mol. The number of likely N-dealkylation sites (N-methyl/N-ethyl adjacent to an activating group) is 1. The van der Waals surface area contributed by atoms with Crippen LogP contribution in [0.1, 0.15) is 19.4 Å². The fourth-order valence-corrected chi connectivity index (χ4v) is 3.95. The number of hydrogen-bond donors (Lipinski definition) is 0. The lowest BCUT2D eigenvalue weighted by molar-refractivity contribution is -0.134. The van der Waals surface area contributed by atoms with Gasteiger partial charge in [0.15, 0.2) is 9.84 Å². The first-order valence-corrected chi connectivity index (χ1v) is 7.69. The summed E-state index contributed by atoms with van der Waals surface area (Å²) in [7, 11) is -1.31. The quantitative estimate of drug-likeness (QED) is 0.781. The molecule has 1 aliphatic rings. The Bertz CT molecular complexity index is 524. The molecule has 0 bridgehead atoms. The van der Waals surface area contributed by atoms with Gasteiger partial charge in [0.1, 0.15) is 6.04 Å². The fourth-order valence-electron chi connectivity index (χ4n) is 2.18. The van der Waals surface area contributed by atoms with Crippen molar-refractivity contribution in [2.45, 2.75) is 25.4 Å². The van der Waals surface area contributed by atoms with Crippen molar-refractivity contribution >= 4 is 15.7 Å². The van der Waals surface area contributed by atoms with Gasteiger partial charge < -0.3 is 4.90 Å². The van der Waals surface area contributed by atoms with Gasteiger partial charge in [-0.25, -0.2) is 8.42 Å². The van der Waals surface area contributed by atoms with Crippen molar-refractivity contribution in [3.05, 3.63) is 18.5 Å². The van der Waals surface area contributed by atoms with E-state index in [2.05, 4.69) is 5.10 Å². The molecule has 1 aliphatic heterocycles. The lowest BCUT2D eigenvalue weighted by atomic mass is 10.2. The van der Waals surface area contributed by atoms with E-state index in [9.17, 15) is 13.2 Å². The summed E-state index contributed by atoms with van der Waals surface area (Å²) in [5.74, 6) is 0.132. The summed E-state index contributed by atoms with van der Waals surface area (Å²) < 4.78 is 24.4. The maximum Gasteiger partial charge on any atom is 0.247 e. The number of nitrogens with zero attached hydrogens (tertiary/aromatic N) is 3. The van der Waals surface area contributed by atoms with Crippen LogP contribution in [-0.2, 0) is 14.6 Å². The van der Waals surface area contributed by atoms with Crippen LogP contribution in [0.4, 0.5) is 0 Å². The minimum Gasteiger partial charge on any atom is -0.340 e. The summed E-state index contributed by atoms with van der Waals surface area (Å²) in [6, 6.07) is 1.14. The number of hydrogen-bond acceptors (Lipinski definition) is 4. The largest absolute Gasteiger partial charge is 0.340 e. The molecule has 1 fully saturated rings. The predicted octanol–water partition coefficient (Wildman–Crippen LogP) is 0.0896. The normalized spacial score (nSPS) is 23.8. The van der Waals surface area contributed by atoms with E-state index in [0.29, 0.717) is 6.42 Å². The first-order valence-electron chi connectivity index (χ1n) is 5.87. The van der Waals surface area contributed by atoms with Crippen LogP contribution in [0.2, 0.25) is 0 Å². The van der Waals surface area contributed by atoms with E-state index in [1.165, 1.54) is 4.90 Å². The Balaban J connectivity index is 2.06. The Hall–Kier alpha value is -1.37. The predicted molar refractivity (Wildman–Crippen MR) is 66.8 cm³/mol. The van der Waals surface area contributed by atoms with Crippen molar-refractivity contribution in [2.75, 3.05) is 18.6 Å². The fraction of sp³-hybridized carbons (Fsp3) is 0.636. The first-order chi connectivity index (χ1) is 8.41. The lowest BCUT2D eigenvalue weighted by Gasteiger charge is -2.26. The molecule has 1 saturated heterocycles. The lowest BCUT2D eigenvalue weighted by Crippen LogP contribution is -2.41. The second-order valence-electron chi connectivity index (χ2n) is 4.67. The minimum atomic E-state index is -2.97. The Kier molecular flexibility index (Phi) is 3.43. The highest BCUT2D eigenvalue weighted by Gasteiger charge is 2.34. The Morgan fingerprint density at radius 1 is 1.56 bits per heavy atom. The number of carbonyl (C=O) groups excluding carboxylic acids is 1. The molecule has 1 aromatic heterocycles. The SMILES string of the molecule is C[C@H](C(=O)N(C)[C@@H]1CCS(=O)(=O)C1)n1cccn1. The summed E-state index contributed by atoms with van der Waals surface area (Å²) >= 11 is 0. The molecule has 18 heavy (non-hydrogen) atoms. The summed E-state index contributed by atoms with van der Waals surface area (Å²) in [5.41, 5.74) is 0. The third-order valence-electron chi connectivity index (χ3n) is 3.38. The molecular formula is C11H17N3O3S. The number of aromatic nitrogens is 2.